The van der Waals surface area contributed by atoms with Gasteiger partial charge in [0.05, 0.1) is 0 Å². The van der Waals surface area contributed by atoms with Crippen LogP contribution in [0, 0.1) is 11.7 Å². The molecule has 1 saturated heterocycles. The van der Waals surface area contributed by atoms with Crippen LogP contribution in [0.15, 0.2) is 27.7 Å². The minimum atomic E-state index is -0.231. The topological polar surface area (TPSA) is 56.7 Å². The van der Waals surface area contributed by atoms with Gasteiger partial charge in [-0.1, -0.05) is 15.9 Å². The molecule has 5 nitrogen and oxygen atoms in total. The molecule has 1 heterocycles. The molecule has 0 saturated carbocycles. The lowest BCUT2D eigenvalue weighted by Gasteiger charge is -2.34. The van der Waals surface area contributed by atoms with Crippen molar-refractivity contribution in [3.63, 3.8) is 0 Å². The molecule has 1 aromatic carbocycles. The first kappa shape index (κ1) is 22.1. The first-order valence-electron chi connectivity index (χ1n) is 8.13. The van der Waals surface area contributed by atoms with E-state index in [1.807, 2.05) is 0 Å². The third kappa shape index (κ3) is 6.73. The fourth-order valence-electron chi connectivity index (χ4n) is 2.90. The molecule has 2 N–H and O–H groups in total. The molecule has 1 fully saturated rings. The van der Waals surface area contributed by atoms with Crippen molar-refractivity contribution < 1.29 is 9.18 Å². The SMILES string of the molecule is CN=C(NCc1cc(Br)ccc1F)N1CCC(CC(=O)NC)CC1.I. The Morgan fingerprint density at radius 3 is 2.68 bits per heavy atom. The molecule has 0 bridgehead atoms. The quantitative estimate of drug-likeness (QED) is 0.360. The van der Waals surface area contributed by atoms with Crippen LogP contribution in [0.4, 0.5) is 4.39 Å². The number of rotatable bonds is 4. The van der Waals surface area contributed by atoms with Crippen molar-refractivity contribution in [1.29, 1.82) is 0 Å². The number of likely N-dealkylation sites (tertiary alicyclic amines) is 1. The summed E-state index contributed by atoms with van der Waals surface area (Å²) in [7, 11) is 3.40. The standard InChI is InChI=1S/C17H24BrFN4O.HI/c1-20-16(24)9-12-5-7-23(8-6-12)17(21-2)22-11-13-10-14(18)3-4-15(13)19;/h3-4,10,12H,5-9,11H2,1-2H3,(H,20,24)(H,21,22);1H. The van der Waals surface area contributed by atoms with Gasteiger partial charge in [-0.2, -0.15) is 0 Å². The zero-order valence-electron chi connectivity index (χ0n) is 14.5. The van der Waals surface area contributed by atoms with Crippen molar-refractivity contribution >= 4 is 51.8 Å². The molecule has 1 aliphatic rings. The van der Waals surface area contributed by atoms with Crippen molar-refractivity contribution in [1.82, 2.24) is 15.5 Å². The predicted molar refractivity (Wildman–Crippen MR) is 113 cm³/mol. The van der Waals surface area contributed by atoms with Gasteiger partial charge in [0.25, 0.3) is 0 Å². The second-order valence-corrected chi connectivity index (χ2v) is 6.86. The van der Waals surface area contributed by atoms with Gasteiger partial charge >= 0.3 is 0 Å². The van der Waals surface area contributed by atoms with E-state index in [1.165, 1.54) is 6.07 Å². The van der Waals surface area contributed by atoms with Gasteiger partial charge in [-0.05, 0) is 37.0 Å². The lowest BCUT2D eigenvalue weighted by Crippen LogP contribution is -2.45. The maximum absolute atomic E-state index is 13.8. The van der Waals surface area contributed by atoms with Crippen molar-refractivity contribution in [2.24, 2.45) is 10.9 Å². The van der Waals surface area contributed by atoms with Gasteiger partial charge in [0, 0.05) is 50.2 Å². The molecule has 1 aliphatic heterocycles. The number of hydrogen-bond acceptors (Lipinski definition) is 2. The molecular formula is C17H25BrFIN4O. The number of guanidine groups is 1. The van der Waals surface area contributed by atoms with Crippen molar-refractivity contribution in [3.8, 4) is 0 Å². The zero-order valence-corrected chi connectivity index (χ0v) is 18.4. The molecule has 8 heteroatoms. The smallest absolute Gasteiger partial charge is 0.220 e. The second-order valence-electron chi connectivity index (χ2n) is 5.94. The normalized spacial score (nSPS) is 15.5. The summed E-state index contributed by atoms with van der Waals surface area (Å²) in [6, 6.07) is 4.91. The van der Waals surface area contributed by atoms with Crippen LogP contribution in [0.2, 0.25) is 0 Å². The molecular weight excluding hydrogens is 502 g/mol. The van der Waals surface area contributed by atoms with Crippen molar-refractivity contribution in [2.75, 3.05) is 27.2 Å². The number of piperidine rings is 1. The maximum atomic E-state index is 13.8. The van der Waals surface area contributed by atoms with Crippen LogP contribution in [0.1, 0.15) is 24.8 Å². The highest BCUT2D eigenvalue weighted by Crippen LogP contribution is 2.21. The summed E-state index contributed by atoms with van der Waals surface area (Å²) in [4.78, 5) is 17.9. The Kier molecular flexibility index (Phi) is 9.70. The molecule has 0 unspecified atom stereocenters. The third-order valence-corrected chi connectivity index (χ3v) is 4.82. The zero-order chi connectivity index (χ0) is 17.5. The van der Waals surface area contributed by atoms with Gasteiger partial charge in [-0.15, -0.1) is 24.0 Å². The third-order valence-electron chi connectivity index (χ3n) is 4.32. The minimum Gasteiger partial charge on any atom is -0.359 e. The van der Waals surface area contributed by atoms with E-state index < -0.39 is 0 Å². The number of nitrogens with one attached hydrogen (secondary N) is 2. The average Bonchev–Trinajstić information content (AvgIpc) is 2.59. The summed E-state index contributed by atoms with van der Waals surface area (Å²) in [6.45, 7) is 2.08. The van der Waals surface area contributed by atoms with Crippen LogP contribution in [-0.4, -0.2) is 44.0 Å². The Balaban J connectivity index is 0.00000312. The highest BCUT2D eigenvalue weighted by molar-refractivity contribution is 14.0. The predicted octanol–water partition coefficient (Wildman–Crippen LogP) is 3.13. The molecule has 140 valence electrons. The maximum Gasteiger partial charge on any atom is 0.220 e. The monoisotopic (exact) mass is 526 g/mol. The first-order valence-corrected chi connectivity index (χ1v) is 8.93. The van der Waals surface area contributed by atoms with E-state index in [2.05, 4.69) is 36.5 Å². The van der Waals surface area contributed by atoms with Crippen LogP contribution in [-0.2, 0) is 11.3 Å². The number of aliphatic imine (C=N–C) groups is 1. The number of benzene rings is 1. The Bertz CT molecular complexity index is 606. The second kappa shape index (κ2) is 10.9. The van der Waals surface area contributed by atoms with E-state index in [9.17, 15) is 9.18 Å². The molecule has 0 spiro atoms. The summed E-state index contributed by atoms with van der Waals surface area (Å²) in [6.07, 6.45) is 2.50. The van der Waals surface area contributed by atoms with Gasteiger partial charge in [-0.25, -0.2) is 4.39 Å². The molecule has 1 amide bonds. The number of carbonyl (C=O) groups excluding carboxylic acids is 1. The highest BCUT2D eigenvalue weighted by Gasteiger charge is 2.23. The van der Waals surface area contributed by atoms with Gasteiger partial charge in [0.1, 0.15) is 5.82 Å². The van der Waals surface area contributed by atoms with E-state index >= 15 is 0 Å². The average molecular weight is 527 g/mol. The van der Waals surface area contributed by atoms with E-state index in [1.54, 1.807) is 26.2 Å². The first-order chi connectivity index (χ1) is 11.5. The lowest BCUT2D eigenvalue weighted by atomic mass is 9.93. The molecule has 2 rings (SSSR count). The van der Waals surface area contributed by atoms with Crippen LogP contribution in [0.3, 0.4) is 0 Å². The van der Waals surface area contributed by atoms with Gasteiger partial charge in [-0.3, -0.25) is 9.79 Å². The minimum absolute atomic E-state index is 0. The summed E-state index contributed by atoms with van der Waals surface area (Å²) in [5.41, 5.74) is 0.597. The number of hydrogen-bond donors (Lipinski definition) is 2. The Morgan fingerprint density at radius 1 is 1.40 bits per heavy atom. The van der Waals surface area contributed by atoms with Gasteiger partial charge in [0.2, 0.25) is 5.91 Å². The lowest BCUT2D eigenvalue weighted by molar-refractivity contribution is -0.121. The number of halogens is 3. The fourth-order valence-corrected chi connectivity index (χ4v) is 3.31. The number of carbonyl (C=O) groups is 1. The van der Waals surface area contributed by atoms with Crippen molar-refractivity contribution in [2.45, 2.75) is 25.8 Å². The Labute approximate surface area is 174 Å². The largest absolute Gasteiger partial charge is 0.359 e. The van der Waals surface area contributed by atoms with Crippen LogP contribution in [0.25, 0.3) is 0 Å². The van der Waals surface area contributed by atoms with Gasteiger partial charge < -0.3 is 15.5 Å². The molecule has 25 heavy (non-hydrogen) atoms. The fraction of sp³-hybridized carbons (Fsp3) is 0.529. The summed E-state index contributed by atoms with van der Waals surface area (Å²) in [5.74, 6) is 1.06. The molecule has 0 radical (unpaired) electrons. The molecule has 0 atom stereocenters. The number of nitrogens with zero attached hydrogens (tertiary/aromatic N) is 2. The van der Waals surface area contributed by atoms with E-state index in [0.29, 0.717) is 24.4 Å². The summed E-state index contributed by atoms with van der Waals surface area (Å²) < 4.78 is 14.7. The van der Waals surface area contributed by atoms with E-state index in [4.69, 9.17) is 0 Å². The van der Waals surface area contributed by atoms with Crippen LogP contribution >= 0.6 is 39.9 Å². The van der Waals surface area contributed by atoms with Crippen molar-refractivity contribution in [3.05, 3.63) is 34.1 Å². The highest BCUT2D eigenvalue weighted by atomic mass is 127. The van der Waals surface area contributed by atoms with Crippen LogP contribution in [0.5, 0.6) is 0 Å². The summed E-state index contributed by atoms with van der Waals surface area (Å²) >= 11 is 3.36. The molecule has 1 aromatic rings. The Hall–Kier alpha value is -0.900. The number of amides is 1. The van der Waals surface area contributed by atoms with Gasteiger partial charge in [0.15, 0.2) is 5.96 Å². The van der Waals surface area contributed by atoms with Crippen LogP contribution < -0.4 is 10.6 Å². The molecule has 0 aromatic heterocycles. The molecule has 0 aliphatic carbocycles. The van der Waals surface area contributed by atoms with E-state index in [-0.39, 0.29) is 35.7 Å². The Morgan fingerprint density at radius 2 is 2.08 bits per heavy atom. The summed E-state index contributed by atoms with van der Waals surface area (Å²) in [5, 5.41) is 5.90. The van der Waals surface area contributed by atoms with E-state index in [0.717, 1.165) is 36.4 Å².